The predicted octanol–water partition coefficient (Wildman–Crippen LogP) is 4.38. The van der Waals surface area contributed by atoms with Crippen LogP contribution in [0.2, 0.25) is 0 Å². The summed E-state index contributed by atoms with van der Waals surface area (Å²) in [4.78, 5) is 30.1. The van der Waals surface area contributed by atoms with Crippen LogP contribution in [0.1, 0.15) is 13.8 Å². The van der Waals surface area contributed by atoms with Crippen LogP contribution in [0.25, 0.3) is 0 Å². The van der Waals surface area contributed by atoms with Crippen LogP contribution in [0.15, 0.2) is 65.2 Å². The lowest BCUT2D eigenvalue weighted by Gasteiger charge is -2.50. The highest BCUT2D eigenvalue weighted by atomic mass is 32.5. The van der Waals surface area contributed by atoms with Crippen LogP contribution < -0.4 is 9.05 Å². The Bertz CT molecular complexity index is 1020. The number of nitrogens with zero attached hydrogens (tertiary/aromatic N) is 4. The standard InChI is InChI=1S/C21H26N4O4P2S/c1-18(26)24-13-23-14-25(19(2)27)17-30(15-23,16-24)22-31(32,28-20-9-5-3-6-10-20)29-21-11-7-4-8-12-21/h3-12H,13-17H2,1-2H3. The highest BCUT2D eigenvalue weighted by Crippen LogP contribution is 2.65. The van der Waals surface area contributed by atoms with E-state index in [2.05, 4.69) is 4.90 Å². The first-order valence-electron chi connectivity index (χ1n) is 10.2. The van der Waals surface area contributed by atoms with Gasteiger partial charge >= 0.3 is 6.64 Å². The minimum Gasteiger partial charge on any atom is -0.419 e. The minimum absolute atomic E-state index is 0.0215. The Hall–Kier alpha value is -2.18. The third-order valence-corrected chi connectivity index (χ3v) is 12.2. The van der Waals surface area contributed by atoms with Crippen molar-refractivity contribution in [2.45, 2.75) is 13.8 Å². The molecule has 2 heterocycles. The Labute approximate surface area is 193 Å². The summed E-state index contributed by atoms with van der Waals surface area (Å²) in [7, 11) is -2.30. The molecule has 2 fully saturated rings. The average Bonchev–Trinajstić information content (AvgIpc) is 2.73. The predicted molar refractivity (Wildman–Crippen MR) is 129 cm³/mol. The highest BCUT2D eigenvalue weighted by Gasteiger charge is 2.42. The summed E-state index contributed by atoms with van der Waals surface area (Å²) in [6, 6.07) is 18.5. The SMILES string of the molecule is CC(=O)N1CN2CN(C(C)=O)CP(=NP(=S)(Oc3ccccc3)Oc3ccccc3)(C2)C1. The minimum atomic E-state index is -3.21. The van der Waals surface area contributed by atoms with Crippen LogP contribution in [0.3, 0.4) is 0 Å². The normalized spacial score (nSPS) is 22.8. The molecule has 0 N–H and O–H groups in total. The quantitative estimate of drug-likeness (QED) is 0.577. The van der Waals surface area contributed by atoms with Crippen molar-refractivity contribution >= 4 is 37.3 Å². The number of para-hydroxylation sites is 2. The highest BCUT2D eigenvalue weighted by molar-refractivity contribution is 8.11. The van der Waals surface area contributed by atoms with E-state index in [0.717, 1.165) is 0 Å². The Morgan fingerprint density at radius 1 is 0.844 bits per heavy atom. The number of amides is 2. The first-order chi connectivity index (χ1) is 15.3. The summed E-state index contributed by atoms with van der Waals surface area (Å²) in [5.74, 6) is 1.11. The van der Waals surface area contributed by atoms with Crippen LogP contribution in [0, 0.1) is 0 Å². The Kier molecular flexibility index (Phi) is 6.72. The molecular weight excluding hydrogens is 466 g/mol. The lowest BCUT2D eigenvalue weighted by atomic mass is 10.3. The molecule has 2 amide bonds. The number of carbonyl (C=O) groups is 2. The number of hydrogen-bond donors (Lipinski definition) is 0. The summed E-state index contributed by atoms with van der Waals surface area (Å²) in [6.07, 6.45) is 1.59. The number of fused-ring (bicyclic) bond motifs is 2. The van der Waals surface area contributed by atoms with Gasteiger partial charge in [0.15, 0.2) is 0 Å². The Balaban J connectivity index is 1.78. The van der Waals surface area contributed by atoms with E-state index < -0.39 is 13.7 Å². The molecule has 0 aliphatic carbocycles. The fourth-order valence-electron chi connectivity index (χ4n) is 3.85. The summed E-state index contributed by atoms with van der Waals surface area (Å²) < 4.78 is 17.6. The van der Waals surface area contributed by atoms with Gasteiger partial charge in [-0.1, -0.05) is 36.4 Å². The van der Waals surface area contributed by atoms with Crippen molar-refractivity contribution in [1.29, 1.82) is 0 Å². The molecule has 0 saturated carbocycles. The molecule has 0 unspecified atom stereocenters. The topological polar surface area (TPSA) is 74.7 Å². The van der Waals surface area contributed by atoms with E-state index in [1.807, 2.05) is 60.7 Å². The molecule has 8 nitrogen and oxygen atoms in total. The van der Waals surface area contributed by atoms with E-state index in [0.29, 0.717) is 43.7 Å². The summed E-state index contributed by atoms with van der Waals surface area (Å²) >= 11 is 5.96. The summed E-state index contributed by atoms with van der Waals surface area (Å²) in [6.45, 7) is 0.837. The molecule has 2 aromatic rings. The second-order valence-corrected chi connectivity index (χ2v) is 14.4. The third kappa shape index (κ3) is 5.41. The fraction of sp³-hybridized carbons (Fsp3) is 0.333. The second kappa shape index (κ2) is 9.36. The zero-order chi connectivity index (χ0) is 22.8. The zero-order valence-electron chi connectivity index (χ0n) is 18.0. The summed E-state index contributed by atoms with van der Waals surface area (Å²) in [5, 5.41) is 0. The maximum absolute atomic E-state index is 12.3. The van der Waals surface area contributed by atoms with Crippen molar-refractivity contribution in [2.75, 3.05) is 32.2 Å². The van der Waals surface area contributed by atoms with Crippen molar-refractivity contribution in [3.05, 3.63) is 60.7 Å². The van der Waals surface area contributed by atoms with Crippen LogP contribution in [-0.2, 0) is 21.4 Å². The van der Waals surface area contributed by atoms with Gasteiger partial charge in [0, 0.05) is 39.0 Å². The molecule has 11 heteroatoms. The van der Waals surface area contributed by atoms with Crippen molar-refractivity contribution in [2.24, 2.45) is 4.52 Å². The number of hydrogen-bond acceptors (Lipinski definition) is 6. The molecule has 2 saturated heterocycles. The van der Waals surface area contributed by atoms with Gasteiger partial charge in [-0.25, -0.2) is 0 Å². The molecule has 0 aromatic heterocycles. The van der Waals surface area contributed by atoms with E-state index in [-0.39, 0.29) is 11.8 Å². The number of carbonyl (C=O) groups excluding carboxylic acids is 2. The molecular formula is C21H26N4O4P2S. The number of rotatable bonds is 5. The monoisotopic (exact) mass is 492 g/mol. The fourth-order valence-corrected chi connectivity index (χ4v) is 12.4. The van der Waals surface area contributed by atoms with Gasteiger partial charge in [-0.15, -0.1) is 0 Å². The van der Waals surface area contributed by atoms with Crippen LogP contribution in [0.4, 0.5) is 0 Å². The first kappa shape index (κ1) is 23.0. The largest absolute Gasteiger partial charge is 0.419 e. The molecule has 0 spiro atoms. The van der Waals surface area contributed by atoms with Crippen molar-refractivity contribution in [1.82, 2.24) is 14.7 Å². The maximum Gasteiger partial charge on any atom is 0.413 e. The second-order valence-electron chi connectivity index (χ2n) is 7.96. The van der Waals surface area contributed by atoms with E-state index >= 15 is 0 Å². The molecule has 2 bridgehead atoms. The number of benzene rings is 2. The molecule has 0 atom stereocenters. The van der Waals surface area contributed by atoms with Gasteiger partial charge in [0.2, 0.25) is 11.8 Å². The van der Waals surface area contributed by atoms with Gasteiger partial charge in [-0.3, -0.25) is 14.5 Å². The van der Waals surface area contributed by atoms with Gasteiger partial charge < -0.3 is 18.8 Å². The zero-order valence-corrected chi connectivity index (χ0v) is 20.6. The molecule has 2 aliphatic heterocycles. The van der Waals surface area contributed by atoms with E-state index in [1.165, 1.54) is 0 Å². The Morgan fingerprint density at radius 2 is 1.28 bits per heavy atom. The lowest BCUT2D eigenvalue weighted by Crippen LogP contribution is -2.56. The van der Waals surface area contributed by atoms with Crippen LogP contribution in [0.5, 0.6) is 11.5 Å². The van der Waals surface area contributed by atoms with Gasteiger partial charge in [0.1, 0.15) is 11.5 Å². The van der Waals surface area contributed by atoms with Crippen molar-refractivity contribution in [3.63, 3.8) is 0 Å². The van der Waals surface area contributed by atoms with Gasteiger partial charge in [-0.05, 0) is 24.3 Å². The molecule has 2 aromatic carbocycles. The van der Waals surface area contributed by atoms with Crippen LogP contribution in [-0.4, -0.2) is 58.7 Å². The van der Waals surface area contributed by atoms with Crippen molar-refractivity contribution < 1.29 is 18.6 Å². The Morgan fingerprint density at radius 3 is 1.69 bits per heavy atom. The van der Waals surface area contributed by atoms with Gasteiger partial charge in [0.05, 0.1) is 25.9 Å². The maximum atomic E-state index is 12.3. The van der Waals surface area contributed by atoms with Gasteiger partial charge in [0.25, 0.3) is 0 Å². The van der Waals surface area contributed by atoms with Crippen LogP contribution >= 0.6 is 13.7 Å². The van der Waals surface area contributed by atoms with Crippen molar-refractivity contribution in [3.8, 4) is 11.5 Å². The molecule has 170 valence electrons. The van der Waals surface area contributed by atoms with E-state index in [1.54, 1.807) is 23.6 Å². The van der Waals surface area contributed by atoms with E-state index in [4.69, 9.17) is 25.4 Å². The lowest BCUT2D eigenvalue weighted by molar-refractivity contribution is -0.134. The molecule has 32 heavy (non-hydrogen) atoms. The van der Waals surface area contributed by atoms with E-state index in [9.17, 15) is 9.59 Å². The smallest absolute Gasteiger partial charge is 0.413 e. The molecule has 2 aliphatic rings. The van der Waals surface area contributed by atoms with Gasteiger partial charge in [-0.2, -0.15) is 4.52 Å². The molecule has 0 radical (unpaired) electrons. The molecule has 4 rings (SSSR count). The average molecular weight is 492 g/mol. The third-order valence-electron chi connectivity index (χ3n) is 5.19. The first-order valence-corrected chi connectivity index (χ1v) is 15.1. The summed E-state index contributed by atoms with van der Waals surface area (Å²) in [5.41, 5.74) is 0.